The third kappa shape index (κ3) is 3.89. The Bertz CT molecular complexity index is 81.2. The van der Waals surface area contributed by atoms with Crippen LogP contribution in [-0.4, -0.2) is 5.60 Å². The zero-order valence-electron chi connectivity index (χ0n) is 7.61. The fraction of sp³-hybridized carbons (Fsp3) is 1.00. The highest BCUT2D eigenvalue weighted by molar-refractivity contribution is 4.72. The van der Waals surface area contributed by atoms with Gasteiger partial charge in [-0.3, -0.25) is 0 Å². The molecule has 0 bridgehead atoms. The van der Waals surface area contributed by atoms with Crippen molar-refractivity contribution in [3.05, 3.63) is 0 Å². The van der Waals surface area contributed by atoms with Crippen molar-refractivity contribution in [1.82, 2.24) is 0 Å². The monoisotopic (exact) mass is 143 g/mol. The van der Waals surface area contributed by atoms with E-state index in [2.05, 4.69) is 6.92 Å². The van der Waals surface area contributed by atoms with Gasteiger partial charge in [0.1, 0.15) is 5.60 Å². The third-order valence-corrected chi connectivity index (χ3v) is 2.18. The van der Waals surface area contributed by atoms with E-state index in [1.54, 1.807) is 13.8 Å². The van der Waals surface area contributed by atoms with Crippen LogP contribution in [0, 0.1) is 5.92 Å². The maximum absolute atomic E-state index is 11.3. The summed E-state index contributed by atoms with van der Waals surface area (Å²) in [6.45, 7) is 7.74. The summed E-state index contributed by atoms with van der Waals surface area (Å²) in [6, 6.07) is 0. The summed E-state index contributed by atoms with van der Waals surface area (Å²) in [5.41, 5.74) is -0.741. The Morgan fingerprint density at radius 3 is 2.20 bits per heavy atom. The van der Waals surface area contributed by atoms with Crippen molar-refractivity contribution in [2.24, 2.45) is 5.92 Å². The lowest BCUT2D eigenvalue weighted by atomic mass is 9.89. The maximum atomic E-state index is 11.3. The van der Waals surface area contributed by atoms with Crippen LogP contribution in [0.5, 0.6) is 0 Å². The smallest absolute Gasteiger partial charge is 0.101 e. The van der Waals surface area contributed by atoms with Crippen LogP contribution in [0.4, 0.5) is 0 Å². The van der Waals surface area contributed by atoms with Crippen LogP contribution in [0.15, 0.2) is 0 Å². The van der Waals surface area contributed by atoms with Crippen LogP contribution in [0.3, 0.4) is 0 Å². The second-order valence-electron chi connectivity index (χ2n) is 3.65. The first-order chi connectivity index (χ1) is 4.48. The zero-order valence-corrected chi connectivity index (χ0v) is 7.61. The molecule has 10 heavy (non-hydrogen) atoms. The molecule has 1 atom stereocenters. The number of rotatable bonds is 4. The first-order valence-corrected chi connectivity index (χ1v) is 4.19. The van der Waals surface area contributed by atoms with E-state index in [9.17, 15) is 5.11 Å². The Morgan fingerprint density at radius 1 is 1.40 bits per heavy atom. The minimum atomic E-state index is -0.741. The van der Waals surface area contributed by atoms with Gasteiger partial charge in [0.2, 0.25) is 0 Å². The molecule has 0 heterocycles. The van der Waals surface area contributed by atoms with Gasteiger partial charge in [-0.2, -0.15) is 0 Å². The van der Waals surface area contributed by atoms with Crippen molar-refractivity contribution in [2.45, 2.75) is 52.6 Å². The summed E-state index contributed by atoms with van der Waals surface area (Å²) in [4.78, 5) is 0. The molecule has 1 radical (unpaired) electrons. The molecule has 0 rings (SSSR count). The molecule has 0 aromatic heterocycles. The summed E-state index contributed by atoms with van der Waals surface area (Å²) in [5.74, 6) is 0.312. The van der Waals surface area contributed by atoms with Crippen molar-refractivity contribution in [1.29, 1.82) is 0 Å². The van der Waals surface area contributed by atoms with Gasteiger partial charge < -0.3 is 0 Å². The minimum absolute atomic E-state index is 0.312. The lowest BCUT2D eigenvalue weighted by Crippen LogP contribution is -2.26. The predicted molar refractivity (Wildman–Crippen MR) is 43.5 cm³/mol. The van der Waals surface area contributed by atoms with E-state index >= 15 is 0 Å². The standard InChI is InChI=1S/C9H19O/c1-5-6-7-8(2)9(3,4)10/h8H,5-7H2,1-4H3. The highest BCUT2D eigenvalue weighted by atomic mass is 16.3. The minimum Gasteiger partial charge on any atom is -0.230 e. The Kier molecular flexibility index (Phi) is 3.95. The summed E-state index contributed by atoms with van der Waals surface area (Å²) < 4.78 is 0. The van der Waals surface area contributed by atoms with Gasteiger partial charge in [-0.1, -0.05) is 26.7 Å². The van der Waals surface area contributed by atoms with E-state index in [0.717, 1.165) is 6.42 Å². The van der Waals surface area contributed by atoms with Gasteiger partial charge in [0.05, 0.1) is 0 Å². The molecule has 0 amide bonds. The second-order valence-corrected chi connectivity index (χ2v) is 3.65. The van der Waals surface area contributed by atoms with Crippen LogP contribution in [-0.2, 0) is 5.11 Å². The van der Waals surface area contributed by atoms with Gasteiger partial charge in [-0.15, -0.1) is 0 Å². The first-order valence-electron chi connectivity index (χ1n) is 4.19. The van der Waals surface area contributed by atoms with Crippen LogP contribution in [0.1, 0.15) is 47.0 Å². The molecule has 0 aromatic carbocycles. The molecule has 0 saturated heterocycles. The summed E-state index contributed by atoms with van der Waals surface area (Å²) in [6.07, 6.45) is 3.46. The summed E-state index contributed by atoms with van der Waals surface area (Å²) in [7, 11) is 0. The van der Waals surface area contributed by atoms with Crippen molar-refractivity contribution >= 4 is 0 Å². The lowest BCUT2D eigenvalue weighted by molar-refractivity contribution is -0.0439. The van der Waals surface area contributed by atoms with Gasteiger partial charge in [0.25, 0.3) is 0 Å². The Hall–Kier alpha value is -0.0400. The molecule has 61 valence electrons. The molecule has 1 heteroatoms. The van der Waals surface area contributed by atoms with Gasteiger partial charge in [0, 0.05) is 0 Å². The zero-order chi connectivity index (χ0) is 8.20. The summed E-state index contributed by atoms with van der Waals surface area (Å²) >= 11 is 0. The lowest BCUT2D eigenvalue weighted by Gasteiger charge is -2.22. The average Bonchev–Trinajstić information content (AvgIpc) is 1.80. The van der Waals surface area contributed by atoms with Crippen LogP contribution in [0.2, 0.25) is 0 Å². The van der Waals surface area contributed by atoms with Gasteiger partial charge >= 0.3 is 0 Å². The van der Waals surface area contributed by atoms with E-state index in [-0.39, 0.29) is 0 Å². The molecule has 0 saturated carbocycles. The number of unbranched alkanes of at least 4 members (excludes halogenated alkanes) is 1. The third-order valence-electron chi connectivity index (χ3n) is 2.18. The van der Waals surface area contributed by atoms with Crippen LogP contribution < -0.4 is 0 Å². The fourth-order valence-electron chi connectivity index (χ4n) is 0.858. The van der Waals surface area contributed by atoms with Gasteiger partial charge in [0.15, 0.2) is 0 Å². The first kappa shape index (κ1) is 9.96. The second kappa shape index (κ2) is 3.97. The summed E-state index contributed by atoms with van der Waals surface area (Å²) in [5, 5.41) is 11.3. The van der Waals surface area contributed by atoms with Gasteiger partial charge in [-0.05, 0) is 26.2 Å². The van der Waals surface area contributed by atoms with Crippen molar-refractivity contribution in [3.63, 3.8) is 0 Å². The van der Waals surface area contributed by atoms with Gasteiger partial charge in [-0.25, -0.2) is 5.11 Å². The van der Waals surface area contributed by atoms with Crippen molar-refractivity contribution in [2.75, 3.05) is 0 Å². The molecule has 1 unspecified atom stereocenters. The SMILES string of the molecule is CCCCC(C)C(C)(C)[O]. The molecular formula is C9H19O. The van der Waals surface area contributed by atoms with Crippen molar-refractivity contribution in [3.8, 4) is 0 Å². The van der Waals surface area contributed by atoms with E-state index < -0.39 is 5.60 Å². The van der Waals surface area contributed by atoms with E-state index in [4.69, 9.17) is 0 Å². The average molecular weight is 143 g/mol. The molecular weight excluding hydrogens is 124 g/mol. The molecule has 0 N–H and O–H groups in total. The fourth-order valence-corrected chi connectivity index (χ4v) is 0.858. The number of hydrogen-bond acceptors (Lipinski definition) is 0. The van der Waals surface area contributed by atoms with E-state index in [1.165, 1.54) is 12.8 Å². The normalized spacial score (nSPS) is 15.3. The molecule has 0 fully saturated rings. The Balaban J connectivity index is 3.52. The van der Waals surface area contributed by atoms with E-state index in [0.29, 0.717) is 5.92 Å². The molecule has 0 spiro atoms. The maximum Gasteiger partial charge on any atom is 0.101 e. The van der Waals surface area contributed by atoms with E-state index in [1.807, 2.05) is 6.92 Å². The number of hydrogen-bond donors (Lipinski definition) is 0. The highest BCUT2D eigenvalue weighted by Crippen LogP contribution is 2.21. The molecule has 0 aliphatic heterocycles. The van der Waals surface area contributed by atoms with Crippen molar-refractivity contribution < 1.29 is 5.11 Å². The van der Waals surface area contributed by atoms with Crippen LogP contribution in [0.25, 0.3) is 0 Å². The predicted octanol–water partition coefficient (Wildman–Crippen LogP) is 3.02. The Morgan fingerprint density at radius 2 is 1.90 bits per heavy atom. The quantitative estimate of drug-likeness (QED) is 0.576. The molecule has 0 aliphatic carbocycles. The Labute approximate surface area is 64.5 Å². The molecule has 0 aliphatic rings. The van der Waals surface area contributed by atoms with Crippen LogP contribution >= 0.6 is 0 Å². The molecule has 0 aromatic rings. The largest absolute Gasteiger partial charge is 0.230 e. The highest BCUT2D eigenvalue weighted by Gasteiger charge is 2.23. The molecule has 1 nitrogen and oxygen atoms in total. The topological polar surface area (TPSA) is 19.9 Å².